The van der Waals surface area contributed by atoms with Crippen LogP contribution in [0.5, 0.6) is 11.5 Å². The highest BCUT2D eigenvalue weighted by Gasteiger charge is 2.25. The Balaban J connectivity index is 2.10. The van der Waals surface area contributed by atoms with Crippen LogP contribution < -0.4 is 20.2 Å². The maximum absolute atomic E-state index is 12.7. The lowest BCUT2D eigenvalue weighted by atomic mass is 10.0. The highest BCUT2D eigenvalue weighted by Crippen LogP contribution is 2.36. The van der Waals surface area contributed by atoms with Gasteiger partial charge < -0.3 is 14.8 Å². The molecule has 0 spiro atoms. The zero-order valence-electron chi connectivity index (χ0n) is 19.9. The lowest BCUT2D eigenvalue weighted by molar-refractivity contribution is -0.123. The van der Waals surface area contributed by atoms with Gasteiger partial charge in [-0.3, -0.25) is 9.59 Å². The predicted molar refractivity (Wildman–Crippen MR) is 139 cm³/mol. The van der Waals surface area contributed by atoms with Crippen LogP contribution in [-0.4, -0.2) is 37.3 Å². The van der Waals surface area contributed by atoms with E-state index in [0.29, 0.717) is 40.9 Å². The molecule has 0 aliphatic heterocycles. The average molecular weight is 553 g/mol. The molecule has 2 aromatic carbocycles. The summed E-state index contributed by atoms with van der Waals surface area (Å²) in [6, 6.07) is 9.52. The number of halogens is 2. The molecule has 9 heteroatoms. The third kappa shape index (κ3) is 8.02. The smallest absolute Gasteiger partial charge is 0.262 e. The van der Waals surface area contributed by atoms with E-state index in [1.54, 1.807) is 30.3 Å². The normalized spacial score (nSPS) is 12.0. The summed E-state index contributed by atoms with van der Waals surface area (Å²) in [6.45, 7) is 8.74. The van der Waals surface area contributed by atoms with E-state index < -0.39 is 17.9 Å². The first-order valence-electron chi connectivity index (χ1n) is 11.3. The summed E-state index contributed by atoms with van der Waals surface area (Å²) in [7, 11) is 0. The molecule has 7 nitrogen and oxygen atoms in total. The summed E-state index contributed by atoms with van der Waals surface area (Å²) in [5.41, 5.74) is 3.52. The Hall–Kier alpha value is -2.58. The van der Waals surface area contributed by atoms with Crippen LogP contribution in [0.15, 0.2) is 46.0 Å². The SMILES string of the molecule is CCCCOc1c(Br)cc(/C=N\NC(=O)C(NC(=O)c2ccccc2Cl)C(C)C)cc1OCC. The minimum atomic E-state index is -0.791. The number of hydrogen-bond donors (Lipinski definition) is 2. The molecule has 0 bridgehead atoms. The second-order valence-corrected chi connectivity index (χ2v) is 9.14. The molecule has 2 N–H and O–H groups in total. The molecule has 0 saturated carbocycles. The van der Waals surface area contributed by atoms with Gasteiger partial charge in [0.15, 0.2) is 11.5 Å². The molecular formula is C25H31BrClN3O4. The van der Waals surface area contributed by atoms with Crippen molar-refractivity contribution in [2.24, 2.45) is 11.0 Å². The van der Waals surface area contributed by atoms with Gasteiger partial charge >= 0.3 is 0 Å². The second kappa shape index (κ2) is 14.0. The largest absolute Gasteiger partial charge is 0.490 e. The Morgan fingerprint density at radius 3 is 2.56 bits per heavy atom. The fourth-order valence-electron chi connectivity index (χ4n) is 3.02. The first-order chi connectivity index (χ1) is 16.3. The van der Waals surface area contributed by atoms with Gasteiger partial charge in [-0.1, -0.05) is 50.9 Å². The van der Waals surface area contributed by atoms with E-state index in [4.69, 9.17) is 21.1 Å². The molecule has 1 atom stereocenters. The van der Waals surface area contributed by atoms with Gasteiger partial charge in [0.05, 0.1) is 34.5 Å². The van der Waals surface area contributed by atoms with E-state index in [0.717, 1.165) is 17.3 Å². The fourth-order valence-corrected chi connectivity index (χ4v) is 3.82. The lowest BCUT2D eigenvalue weighted by Crippen LogP contribution is -2.48. The van der Waals surface area contributed by atoms with Gasteiger partial charge in [0.1, 0.15) is 6.04 Å². The maximum Gasteiger partial charge on any atom is 0.262 e. The second-order valence-electron chi connectivity index (χ2n) is 7.87. The quantitative estimate of drug-likeness (QED) is 0.204. The van der Waals surface area contributed by atoms with Crippen molar-refractivity contribution >= 4 is 45.6 Å². The minimum absolute atomic E-state index is 0.167. The summed E-state index contributed by atoms with van der Waals surface area (Å²) < 4.78 is 12.3. The van der Waals surface area contributed by atoms with Gasteiger partial charge in [-0.05, 0) is 65.0 Å². The molecule has 0 fully saturated rings. The van der Waals surface area contributed by atoms with Gasteiger partial charge in [0.25, 0.3) is 11.8 Å². The number of unbranched alkanes of at least 4 members (excludes halogenated alkanes) is 1. The molecular weight excluding hydrogens is 522 g/mol. The first-order valence-corrected chi connectivity index (χ1v) is 12.4. The number of nitrogens with zero attached hydrogens (tertiary/aromatic N) is 1. The fraction of sp³-hybridized carbons (Fsp3) is 0.400. The van der Waals surface area contributed by atoms with E-state index in [1.165, 1.54) is 6.21 Å². The number of nitrogens with one attached hydrogen (secondary N) is 2. The summed E-state index contributed by atoms with van der Waals surface area (Å²) in [4.78, 5) is 25.3. The highest BCUT2D eigenvalue weighted by atomic mass is 79.9. The van der Waals surface area contributed by atoms with Crippen LogP contribution in [0.2, 0.25) is 5.02 Å². The number of benzene rings is 2. The van der Waals surface area contributed by atoms with E-state index in [-0.39, 0.29) is 5.92 Å². The van der Waals surface area contributed by atoms with E-state index in [1.807, 2.05) is 26.8 Å². The molecule has 0 radical (unpaired) electrons. The maximum atomic E-state index is 12.7. The summed E-state index contributed by atoms with van der Waals surface area (Å²) in [6.07, 6.45) is 3.48. The Kier molecular flexibility index (Phi) is 11.4. The van der Waals surface area contributed by atoms with Crippen LogP contribution in [0, 0.1) is 5.92 Å². The molecule has 2 amide bonds. The van der Waals surface area contributed by atoms with E-state index in [9.17, 15) is 9.59 Å². The van der Waals surface area contributed by atoms with Crippen molar-refractivity contribution in [3.05, 3.63) is 57.0 Å². The Morgan fingerprint density at radius 2 is 1.91 bits per heavy atom. The number of ether oxygens (including phenoxy) is 2. The highest BCUT2D eigenvalue weighted by molar-refractivity contribution is 9.10. The Morgan fingerprint density at radius 1 is 1.18 bits per heavy atom. The topological polar surface area (TPSA) is 89.0 Å². The van der Waals surface area contributed by atoms with Crippen LogP contribution in [0.25, 0.3) is 0 Å². The molecule has 0 aliphatic carbocycles. The van der Waals surface area contributed by atoms with Gasteiger partial charge in [0, 0.05) is 0 Å². The number of carbonyl (C=O) groups excluding carboxylic acids is 2. The minimum Gasteiger partial charge on any atom is -0.490 e. The third-order valence-electron chi connectivity index (χ3n) is 4.82. The standard InChI is InChI=1S/C25H31BrClN3O4/c1-5-7-12-34-23-19(26)13-17(14-21(23)33-6-2)15-28-30-25(32)22(16(3)4)29-24(31)18-10-8-9-11-20(18)27/h8-11,13-16,22H,5-7,12H2,1-4H3,(H,29,31)(H,30,32)/b28-15-. The average Bonchev–Trinajstić information content (AvgIpc) is 2.79. The van der Waals surface area contributed by atoms with Crippen LogP contribution in [0.1, 0.15) is 56.5 Å². The summed E-state index contributed by atoms with van der Waals surface area (Å²) in [5, 5.41) is 7.12. The van der Waals surface area contributed by atoms with Crippen molar-refractivity contribution in [2.75, 3.05) is 13.2 Å². The molecule has 0 saturated heterocycles. The molecule has 1 unspecified atom stereocenters. The van der Waals surface area contributed by atoms with Gasteiger partial charge in [-0.25, -0.2) is 5.43 Å². The molecule has 2 rings (SSSR count). The van der Waals surface area contributed by atoms with Crippen molar-refractivity contribution in [1.82, 2.24) is 10.7 Å². The predicted octanol–water partition coefficient (Wildman–Crippen LogP) is 5.58. The molecule has 0 aliphatic rings. The molecule has 34 heavy (non-hydrogen) atoms. The number of amides is 2. The summed E-state index contributed by atoms with van der Waals surface area (Å²) in [5.74, 6) is 0.203. The Labute approximate surface area is 214 Å². The van der Waals surface area contributed by atoms with Crippen molar-refractivity contribution in [3.8, 4) is 11.5 Å². The molecule has 0 heterocycles. The number of hydrogen-bond acceptors (Lipinski definition) is 5. The lowest BCUT2D eigenvalue weighted by Gasteiger charge is -2.20. The van der Waals surface area contributed by atoms with Crippen molar-refractivity contribution in [3.63, 3.8) is 0 Å². The zero-order chi connectivity index (χ0) is 25.1. The van der Waals surface area contributed by atoms with Crippen LogP contribution >= 0.6 is 27.5 Å². The first kappa shape index (κ1) is 27.7. The van der Waals surface area contributed by atoms with Gasteiger partial charge in [-0.2, -0.15) is 5.10 Å². The monoisotopic (exact) mass is 551 g/mol. The van der Waals surface area contributed by atoms with Crippen LogP contribution in [-0.2, 0) is 4.79 Å². The van der Waals surface area contributed by atoms with Crippen LogP contribution in [0.3, 0.4) is 0 Å². The van der Waals surface area contributed by atoms with E-state index in [2.05, 4.69) is 38.7 Å². The number of rotatable bonds is 12. The molecule has 0 aromatic heterocycles. The summed E-state index contributed by atoms with van der Waals surface area (Å²) >= 11 is 9.63. The van der Waals surface area contributed by atoms with Crippen LogP contribution in [0.4, 0.5) is 0 Å². The van der Waals surface area contributed by atoms with Crippen molar-refractivity contribution < 1.29 is 19.1 Å². The van der Waals surface area contributed by atoms with Crippen molar-refractivity contribution in [1.29, 1.82) is 0 Å². The number of carbonyl (C=O) groups is 2. The van der Waals surface area contributed by atoms with Gasteiger partial charge in [-0.15, -0.1) is 0 Å². The molecule has 2 aromatic rings. The Bertz CT molecular complexity index is 1010. The van der Waals surface area contributed by atoms with Crippen molar-refractivity contribution in [2.45, 2.75) is 46.6 Å². The number of hydrazone groups is 1. The van der Waals surface area contributed by atoms with Gasteiger partial charge in [0.2, 0.25) is 0 Å². The third-order valence-corrected chi connectivity index (χ3v) is 5.74. The van der Waals surface area contributed by atoms with E-state index >= 15 is 0 Å². The zero-order valence-corrected chi connectivity index (χ0v) is 22.2. The molecule has 184 valence electrons.